The Bertz CT molecular complexity index is 925. The van der Waals surface area contributed by atoms with E-state index in [0.717, 1.165) is 5.56 Å². The summed E-state index contributed by atoms with van der Waals surface area (Å²) in [6.07, 6.45) is 2.30. The number of ether oxygens (including phenoxy) is 5. The Kier molecular flexibility index (Phi) is 5.47. The number of likely N-dealkylation sites (tertiary alicyclic amines) is 1. The van der Waals surface area contributed by atoms with E-state index in [-0.39, 0.29) is 24.5 Å². The minimum absolute atomic E-state index is 0.0739. The number of amides is 1. The van der Waals surface area contributed by atoms with Gasteiger partial charge in [0.25, 0.3) is 0 Å². The summed E-state index contributed by atoms with van der Waals surface area (Å²) in [6, 6.07) is 5.68. The highest BCUT2D eigenvalue weighted by molar-refractivity contribution is 5.94. The zero-order valence-electron chi connectivity index (χ0n) is 18.6. The van der Waals surface area contributed by atoms with Gasteiger partial charge in [-0.2, -0.15) is 0 Å². The van der Waals surface area contributed by atoms with Crippen LogP contribution in [0.5, 0.6) is 11.5 Å². The number of esters is 1. The molecule has 0 N–H and O–H groups in total. The second-order valence-corrected chi connectivity index (χ2v) is 8.63. The minimum Gasteiger partial charge on any atom is -0.493 e. The smallest absolute Gasteiger partial charge is 0.318 e. The lowest BCUT2D eigenvalue weighted by atomic mass is 9.73. The first-order valence-corrected chi connectivity index (χ1v) is 10.4. The molecule has 31 heavy (non-hydrogen) atoms. The van der Waals surface area contributed by atoms with Crippen molar-refractivity contribution in [2.45, 2.75) is 51.1 Å². The molecule has 1 aromatic carbocycles. The van der Waals surface area contributed by atoms with Gasteiger partial charge in [-0.25, -0.2) is 0 Å². The quantitative estimate of drug-likeness (QED) is 0.640. The number of carbonyl (C=O) groups excluding carboxylic acids is 2. The Morgan fingerprint density at radius 2 is 1.90 bits per heavy atom. The SMILES string of the molecule is COC(=O)[C@]12CC(=O)N(CCc3ccc(OC)c(OC)c3)C1=C[C@H]1OC(C)(C)O[C@H]1C2. The van der Waals surface area contributed by atoms with E-state index in [9.17, 15) is 9.59 Å². The molecule has 0 radical (unpaired) electrons. The monoisotopic (exact) mass is 431 g/mol. The molecule has 3 atom stereocenters. The van der Waals surface area contributed by atoms with E-state index in [2.05, 4.69) is 0 Å². The van der Waals surface area contributed by atoms with E-state index in [0.29, 0.717) is 36.6 Å². The fourth-order valence-electron chi connectivity index (χ4n) is 4.90. The zero-order chi connectivity index (χ0) is 22.4. The van der Waals surface area contributed by atoms with Gasteiger partial charge in [0.2, 0.25) is 5.91 Å². The molecule has 1 amide bonds. The van der Waals surface area contributed by atoms with Crippen LogP contribution in [0.2, 0.25) is 0 Å². The maximum atomic E-state index is 13.0. The van der Waals surface area contributed by atoms with Crippen LogP contribution in [0, 0.1) is 5.41 Å². The van der Waals surface area contributed by atoms with Crippen molar-refractivity contribution in [3.05, 3.63) is 35.5 Å². The van der Waals surface area contributed by atoms with E-state index in [1.807, 2.05) is 38.1 Å². The van der Waals surface area contributed by atoms with E-state index in [4.69, 9.17) is 23.7 Å². The molecule has 0 saturated carbocycles. The van der Waals surface area contributed by atoms with Crippen LogP contribution in [0.4, 0.5) is 0 Å². The van der Waals surface area contributed by atoms with E-state index in [1.54, 1.807) is 19.1 Å². The van der Waals surface area contributed by atoms with Crippen LogP contribution in [0.15, 0.2) is 30.0 Å². The number of hydrogen-bond acceptors (Lipinski definition) is 7. The third-order valence-electron chi connectivity index (χ3n) is 6.28. The molecule has 1 aliphatic carbocycles. The minimum atomic E-state index is -1.03. The third-order valence-corrected chi connectivity index (χ3v) is 6.28. The van der Waals surface area contributed by atoms with Gasteiger partial charge in [-0.1, -0.05) is 6.07 Å². The van der Waals surface area contributed by atoms with Crippen LogP contribution in [-0.4, -0.2) is 62.6 Å². The van der Waals surface area contributed by atoms with Gasteiger partial charge in [-0.15, -0.1) is 0 Å². The highest BCUT2D eigenvalue weighted by atomic mass is 16.7. The van der Waals surface area contributed by atoms with Crippen LogP contribution < -0.4 is 9.47 Å². The first-order chi connectivity index (χ1) is 14.7. The number of carbonyl (C=O) groups is 2. The Hall–Kier alpha value is -2.58. The molecule has 2 aliphatic heterocycles. The maximum Gasteiger partial charge on any atom is 0.318 e. The molecule has 0 bridgehead atoms. The van der Waals surface area contributed by atoms with Crippen LogP contribution in [-0.2, 0) is 30.2 Å². The summed E-state index contributed by atoms with van der Waals surface area (Å²) in [6.45, 7) is 4.13. The average molecular weight is 431 g/mol. The summed E-state index contributed by atoms with van der Waals surface area (Å²) in [7, 11) is 4.53. The number of benzene rings is 1. The van der Waals surface area contributed by atoms with Gasteiger partial charge >= 0.3 is 5.97 Å². The van der Waals surface area contributed by atoms with Crippen molar-refractivity contribution in [3.63, 3.8) is 0 Å². The predicted molar refractivity (Wildman–Crippen MR) is 111 cm³/mol. The summed E-state index contributed by atoms with van der Waals surface area (Å²) in [5.74, 6) is 0.0331. The van der Waals surface area contributed by atoms with Crippen LogP contribution in [0.3, 0.4) is 0 Å². The lowest BCUT2D eigenvalue weighted by molar-refractivity contribution is -0.157. The predicted octanol–water partition coefficient (Wildman–Crippen LogP) is 2.45. The largest absolute Gasteiger partial charge is 0.493 e. The lowest BCUT2D eigenvalue weighted by Gasteiger charge is -2.36. The lowest BCUT2D eigenvalue weighted by Crippen LogP contribution is -2.44. The van der Waals surface area contributed by atoms with Crippen LogP contribution >= 0.6 is 0 Å². The number of hydrogen-bond donors (Lipinski definition) is 0. The summed E-state index contributed by atoms with van der Waals surface area (Å²) in [4.78, 5) is 27.6. The van der Waals surface area contributed by atoms with Crippen molar-refractivity contribution >= 4 is 11.9 Å². The molecule has 8 nitrogen and oxygen atoms in total. The van der Waals surface area contributed by atoms with E-state index >= 15 is 0 Å². The molecular formula is C23H29NO7. The topological polar surface area (TPSA) is 83.5 Å². The Morgan fingerprint density at radius 1 is 1.16 bits per heavy atom. The molecule has 0 unspecified atom stereocenters. The summed E-state index contributed by atoms with van der Waals surface area (Å²) < 4.78 is 27.8. The van der Waals surface area contributed by atoms with Crippen molar-refractivity contribution in [2.75, 3.05) is 27.9 Å². The highest BCUT2D eigenvalue weighted by Crippen LogP contribution is 2.52. The van der Waals surface area contributed by atoms with Crippen molar-refractivity contribution < 1.29 is 33.3 Å². The summed E-state index contributed by atoms with van der Waals surface area (Å²) >= 11 is 0. The van der Waals surface area contributed by atoms with E-state index < -0.39 is 17.2 Å². The van der Waals surface area contributed by atoms with Gasteiger partial charge < -0.3 is 28.6 Å². The van der Waals surface area contributed by atoms with Crippen LogP contribution in [0.1, 0.15) is 32.3 Å². The Morgan fingerprint density at radius 3 is 2.58 bits per heavy atom. The average Bonchev–Trinajstić information content (AvgIpc) is 3.19. The molecule has 0 aromatic heterocycles. The van der Waals surface area contributed by atoms with Gasteiger partial charge in [0.1, 0.15) is 11.5 Å². The van der Waals surface area contributed by atoms with Gasteiger partial charge in [-0.05, 0) is 50.5 Å². The number of rotatable bonds is 6. The first kappa shape index (κ1) is 21.6. The van der Waals surface area contributed by atoms with Crippen LogP contribution in [0.25, 0.3) is 0 Å². The fourth-order valence-corrected chi connectivity index (χ4v) is 4.90. The molecule has 168 valence electrons. The highest BCUT2D eigenvalue weighted by Gasteiger charge is 2.60. The van der Waals surface area contributed by atoms with Crippen molar-refractivity contribution in [1.82, 2.24) is 4.90 Å². The molecule has 2 saturated heterocycles. The van der Waals surface area contributed by atoms with Crippen molar-refractivity contribution in [3.8, 4) is 11.5 Å². The van der Waals surface area contributed by atoms with Gasteiger partial charge in [0.05, 0.1) is 27.4 Å². The molecule has 4 rings (SSSR count). The fraction of sp³-hybridized carbons (Fsp3) is 0.565. The normalized spacial score (nSPS) is 28.6. The van der Waals surface area contributed by atoms with Gasteiger partial charge in [0.15, 0.2) is 17.3 Å². The molecule has 2 heterocycles. The van der Waals surface area contributed by atoms with Crippen molar-refractivity contribution in [1.29, 1.82) is 0 Å². The summed E-state index contributed by atoms with van der Waals surface area (Å²) in [5, 5.41) is 0. The first-order valence-electron chi connectivity index (χ1n) is 10.4. The van der Waals surface area contributed by atoms with Gasteiger partial charge in [-0.3, -0.25) is 9.59 Å². The molecule has 1 aromatic rings. The van der Waals surface area contributed by atoms with E-state index in [1.165, 1.54) is 7.11 Å². The summed E-state index contributed by atoms with van der Waals surface area (Å²) in [5.41, 5.74) is 0.623. The standard InChI is InChI=1S/C23H29NO7/c1-22(2)30-17-11-19-23(21(26)29-5,12-18(17)31-22)13-20(25)24(19)9-8-14-6-7-15(27-3)16(10-14)28-4/h6-7,10-11,17-18H,8-9,12-13H2,1-5H3/t17-,18+,23-/m1/s1. The zero-order valence-corrected chi connectivity index (χ0v) is 18.6. The number of nitrogens with zero attached hydrogens (tertiary/aromatic N) is 1. The maximum absolute atomic E-state index is 13.0. The molecule has 2 fully saturated rings. The number of fused-ring (bicyclic) bond motifs is 2. The molecule has 0 spiro atoms. The Balaban J connectivity index is 1.61. The Labute approximate surface area is 182 Å². The van der Waals surface area contributed by atoms with Crippen molar-refractivity contribution in [2.24, 2.45) is 5.41 Å². The second-order valence-electron chi connectivity index (χ2n) is 8.63. The molecule has 8 heteroatoms. The number of methoxy groups -OCH3 is 3. The van der Waals surface area contributed by atoms with Gasteiger partial charge in [0, 0.05) is 18.7 Å². The second kappa shape index (κ2) is 7.84. The third kappa shape index (κ3) is 3.68. The molecule has 3 aliphatic rings. The molecular weight excluding hydrogens is 402 g/mol.